The van der Waals surface area contributed by atoms with Crippen LogP contribution in [0.25, 0.3) is 0 Å². The zero-order chi connectivity index (χ0) is 14.8. The standard InChI is InChI=1S/C15H13N3O3/c19-14(12-13(15(20)21)17-8-7-16-12)18-9-3-5-10-4-1-2-6-11(10)18/h1-2,4,6-8H,3,5,9H2,(H,20,21). The highest BCUT2D eigenvalue weighted by Gasteiger charge is 2.28. The second-order valence-corrected chi connectivity index (χ2v) is 4.75. The van der Waals surface area contributed by atoms with Gasteiger partial charge in [-0.1, -0.05) is 18.2 Å². The van der Waals surface area contributed by atoms with Crippen LogP contribution >= 0.6 is 0 Å². The number of anilines is 1. The number of aromatic carboxylic acids is 1. The highest BCUT2D eigenvalue weighted by Crippen LogP contribution is 2.28. The molecule has 106 valence electrons. The van der Waals surface area contributed by atoms with E-state index in [1.807, 2.05) is 24.3 Å². The van der Waals surface area contributed by atoms with Gasteiger partial charge in [0, 0.05) is 24.6 Å². The maximum Gasteiger partial charge on any atom is 0.356 e. The Morgan fingerprint density at radius 2 is 1.81 bits per heavy atom. The second-order valence-electron chi connectivity index (χ2n) is 4.75. The summed E-state index contributed by atoms with van der Waals surface area (Å²) in [5.74, 6) is -1.68. The van der Waals surface area contributed by atoms with Gasteiger partial charge in [0.25, 0.3) is 5.91 Å². The van der Waals surface area contributed by atoms with Crippen LogP contribution in [0.15, 0.2) is 36.7 Å². The van der Waals surface area contributed by atoms with Crippen LogP contribution in [0.5, 0.6) is 0 Å². The maximum atomic E-state index is 12.6. The van der Waals surface area contributed by atoms with E-state index in [0.29, 0.717) is 6.54 Å². The third-order valence-corrected chi connectivity index (χ3v) is 3.46. The number of amides is 1. The first kappa shape index (κ1) is 13.2. The molecule has 0 bridgehead atoms. The molecule has 1 amide bonds. The lowest BCUT2D eigenvalue weighted by molar-refractivity contribution is 0.0684. The lowest BCUT2D eigenvalue weighted by atomic mass is 10.0. The topological polar surface area (TPSA) is 83.4 Å². The number of carbonyl (C=O) groups excluding carboxylic acids is 1. The Morgan fingerprint density at radius 3 is 2.57 bits per heavy atom. The summed E-state index contributed by atoms with van der Waals surface area (Å²) < 4.78 is 0. The van der Waals surface area contributed by atoms with Crippen molar-refractivity contribution in [2.24, 2.45) is 0 Å². The average Bonchev–Trinajstić information content (AvgIpc) is 2.53. The van der Waals surface area contributed by atoms with Gasteiger partial charge in [-0.25, -0.2) is 14.8 Å². The van der Waals surface area contributed by atoms with Gasteiger partial charge in [-0.05, 0) is 24.5 Å². The number of fused-ring (bicyclic) bond motifs is 1. The first-order valence-electron chi connectivity index (χ1n) is 6.62. The van der Waals surface area contributed by atoms with Gasteiger partial charge in [0.15, 0.2) is 11.4 Å². The van der Waals surface area contributed by atoms with Crippen molar-refractivity contribution < 1.29 is 14.7 Å². The summed E-state index contributed by atoms with van der Waals surface area (Å²) in [5.41, 5.74) is 1.46. The minimum absolute atomic E-state index is 0.123. The Kier molecular flexibility index (Phi) is 3.35. The minimum atomic E-state index is -1.25. The number of carboxylic acid groups (broad SMARTS) is 1. The van der Waals surface area contributed by atoms with E-state index in [9.17, 15) is 9.59 Å². The number of aryl methyl sites for hydroxylation is 1. The molecule has 1 N–H and O–H groups in total. The number of hydrogen-bond donors (Lipinski definition) is 1. The summed E-state index contributed by atoms with van der Waals surface area (Å²) >= 11 is 0. The van der Waals surface area contributed by atoms with Crippen molar-refractivity contribution in [2.75, 3.05) is 11.4 Å². The first-order chi connectivity index (χ1) is 10.2. The van der Waals surface area contributed by atoms with Crippen molar-refractivity contribution in [1.82, 2.24) is 9.97 Å². The highest BCUT2D eigenvalue weighted by atomic mass is 16.4. The number of carboxylic acids is 1. The normalized spacial score (nSPS) is 13.6. The molecule has 3 rings (SSSR count). The molecule has 0 saturated carbocycles. The Morgan fingerprint density at radius 1 is 1.10 bits per heavy atom. The summed E-state index contributed by atoms with van der Waals surface area (Å²) in [6.07, 6.45) is 4.34. The van der Waals surface area contributed by atoms with E-state index in [0.717, 1.165) is 24.1 Å². The third kappa shape index (κ3) is 2.35. The van der Waals surface area contributed by atoms with Gasteiger partial charge in [-0.15, -0.1) is 0 Å². The lowest BCUT2D eigenvalue weighted by Crippen LogP contribution is -2.37. The van der Waals surface area contributed by atoms with Gasteiger partial charge >= 0.3 is 5.97 Å². The van der Waals surface area contributed by atoms with Crippen LogP contribution in [0.1, 0.15) is 33.0 Å². The molecule has 1 aromatic heterocycles. The molecule has 1 aliphatic rings. The van der Waals surface area contributed by atoms with Crippen LogP contribution in [-0.4, -0.2) is 33.5 Å². The predicted octanol–water partition coefficient (Wildman–Crippen LogP) is 1.77. The van der Waals surface area contributed by atoms with E-state index in [-0.39, 0.29) is 11.4 Å². The second kappa shape index (κ2) is 5.32. The maximum absolute atomic E-state index is 12.6. The number of benzene rings is 1. The SMILES string of the molecule is O=C(O)c1nccnc1C(=O)N1CCCc2ccccc21. The monoisotopic (exact) mass is 283 g/mol. The molecule has 21 heavy (non-hydrogen) atoms. The molecular weight excluding hydrogens is 270 g/mol. The first-order valence-corrected chi connectivity index (χ1v) is 6.62. The predicted molar refractivity (Wildman–Crippen MR) is 75.4 cm³/mol. The fraction of sp³-hybridized carbons (Fsp3) is 0.200. The number of carbonyl (C=O) groups is 2. The molecule has 2 aromatic rings. The Balaban J connectivity index is 2.03. The molecule has 1 aliphatic heterocycles. The number of aromatic nitrogens is 2. The van der Waals surface area contributed by atoms with Crippen molar-refractivity contribution >= 4 is 17.6 Å². The van der Waals surface area contributed by atoms with E-state index in [1.165, 1.54) is 12.4 Å². The quantitative estimate of drug-likeness (QED) is 0.908. The molecule has 0 spiro atoms. The van der Waals surface area contributed by atoms with E-state index in [1.54, 1.807) is 4.90 Å². The van der Waals surface area contributed by atoms with Crippen molar-refractivity contribution in [3.63, 3.8) is 0 Å². The molecule has 6 nitrogen and oxygen atoms in total. The van der Waals surface area contributed by atoms with Gasteiger partial charge in [0.05, 0.1) is 0 Å². The number of para-hydroxylation sites is 1. The Hall–Kier alpha value is -2.76. The largest absolute Gasteiger partial charge is 0.476 e. The van der Waals surface area contributed by atoms with E-state index in [4.69, 9.17) is 5.11 Å². The molecule has 0 aliphatic carbocycles. The van der Waals surface area contributed by atoms with Gasteiger partial charge in [-0.2, -0.15) is 0 Å². The van der Waals surface area contributed by atoms with Gasteiger partial charge in [0.2, 0.25) is 0 Å². The van der Waals surface area contributed by atoms with Gasteiger partial charge in [0.1, 0.15) is 0 Å². The number of hydrogen-bond acceptors (Lipinski definition) is 4. The molecule has 0 radical (unpaired) electrons. The summed E-state index contributed by atoms with van der Waals surface area (Å²) in [6.45, 7) is 0.547. The van der Waals surface area contributed by atoms with Crippen LogP contribution in [0.4, 0.5) is 5.69 Å². The molecule has 2 heterocycles. The molecule has 0 saturated heterocycles. The van der Waals surface area contributed by atoms with Crippen LogP contribution in [0, 0.1) is 0 Å². The summed E-state index contributed by atoms with van der Waals surface area (Å²) in [4.78, 5) is 33.1. The minimum Gasteiger partial charge on any atom is -0.476 e. The molecular formula is C15H13N3O3. The number of nitrogens with zero attached hydrogens (tertiary/aromatic N) is 3. The summed E-state index contributed by atoms with van der Waals surface area (Å²) in [7, 11) is 0. The zero-order valence-corrected chi connectivity index (χ0v) is 11.2. The van der Waals surface area contributed by atoms with Crippen molar-refractivity contribution in [3.05, 3.63) is 53.6 Å². The molecule has 0 atom stereocenters. The van der Waals surface area contributed by atoms with E-state index < -0.39 is 11.9 Å². The molecule has 6 heteroatoms. The van der Waals surface area contributed by atoms with Crippen LogP contribution in [-0.2, 0) is 6.42 Å². The lowest BCUT2D eigenvalue weighted by Gasteiger charge is -2.29. The van der Waals surface area contributed by atoms with Gasteiger partial charge < -0.3 is 10.0 Å². The van der Waals surface area contributed by atoms with Crippen LogP contribution in [0.2, 0.25) is 0 Å². The zero-order valence-electron chi connectivity index (χ0n) is 11.2. The van der Waals surface area contributed by atoms with Crippen molar-refractivity contribution in [2.45, 2.75) is 12.8 Å². The molecule has 1 aromatic carbocycles. The Labute approximate surface area is 121 Å². The molecule has 0 unspecified atom stereocenters. The van der Waals surface area contributed by atoms with E-state index in [2.05, 4.69) is 9.97 Å². The van der Waals surface area contributed by atoms with Gasteiger partial charge in [-0.3, -0.25) is 4.79 Å². The fourth-order valence-corrected chi connectivity index (χ4v) is 2.52. The van der Waals surface area contributed by atoms with Crippen molar-refractivity contribution in [3.8, 4) is 0 Å². The highest BCUT2D eigenvalue weighted by molar-refractivity contribution is 6.10. The summed E-state index contributed by atoms with van der Waals surface area (Å²) in [6, 6.07) is 7.63. The third-order valence-electron chi connectivity index (χ3n) is 3.46. The van der Waals surface area contributed by atoms with Crippen molar-refractivity contribution in [1.29, 1.82) is 0 Å². The smallest absolute Gasteiger partial charge is 0.356 e. The Bertz CT molecular complexity index is 715. The van der Waals surface area contributed by atoms with Crippen LogP contribution < -0.4 is 4.90 Å². The fourth-order valence-electron chi connectivity index (χ4n) is 2.52. The average molecular weight is 283 g/mol. The number of rotatable bonds is 2. The van der Waals surface area contributed by atoms with E-state index >= 15 is 0 Å². The van der Waals surface area contributed by atoms with Crippen LogP contribution in [0.3, 0.4) is 0 Å². The summed E-state index contributed by atoms with van der Waals surface area (Å²) in [5, 5.41) is 9.13. The molecule has 0 fully saturated rings.